The van der Waals surface area contributed by atoms with Gasteiger partial charge in [0.25, 0.3) is 0 Å². The first-order valence-electron chi connectivity index (χ1n) is 13.7. The van der Waals surface area contributed by atoms with Gasteiger partial charge in [-0.3, -0.25) is 9.69 Å². The minimum absolute atomic E-state index is 0.256. The van der Waals surface area contributed by atoms with Crippen molar-refractivity contribution >= 4 is 35.1 Å². The zero-order valence-electron chi connectivity index (χ0n) is 23.7. The Kier molecular flexibility index (Phi) is 11.6. The van der Waals surface area contributed by atoms with Crippen LogP contribution < -0.4 is 10.2 Å². The molecule has 0 radical (unpaired) electrons. The summed E-state index contributed by atoms with van der Waals surface area (Å²) < 4.78 is 63.5. The maximum atomic E-state index is 13.5. The average molecular weight is 654 g/mol. The Balaban J connectivity index is 0.000000317. The van der Waals surface area contributed by atoms with Crippen LogP contribution in [-0.4, -0.2) is 88.0 Å². The van der Waals surface area contributed by atoms with Gasteiger partial charge in [-0.15, -0.1) is 11.3 Å². The lowest BCUT2D eigenvalue weighted by molar-refractivity contribution is -0.193. The molecule has 2 aromatic heterocycles. The summed E-state index contributed by atoms with van der Waals surface area (Å²) in [7, 11) is 0. The number of fused-ring (bicyclic) bond motifs is 1. The van der Waals surface area contributed by atoms with E-state index in [-0.39, 0.29) is 11.3 Å². The van der Waals surface area contributed by atoms with Crippen LogP contribution in [0.1, 0.15) is 35.4 Å². The molecule has 0 spiro atoms. The number of aryl methyl sites for hydroxylation is 1. The molecule has 2 saturated heterocycles. The molecule has 44 heavy (non-hydrogen) atoms. The minimum Gasteiger partial charge on any atom is -0.475 e. The van der Waals surface area contributed by atoms with E-state index in [2.05, 4.69) is 44.1 Å². The van der Waals surface area contributed by atoms with Gasteiger partial charge in [0, 0.05) is 60.8 Å². The van der Waals surface area contributed by atoms with Gasteiger partial charge in [0.2, 0.25) is 11.9 Å². The van der Waals surface area contributed by atoms with E-state index in [1.165, 1.54) is 22.6 Å². The van der Waals surface area contributed by atoms with Crippen LogP contribution in [0.25, 0.3) is 0 Å². The van der Waals surface area contributed by atoms with Crippen LogP contribution in [-0.2, 0) is 20.9 Å². The number of aromatic nitrogens is 2. The topological polar surface area (TPSA) is 136 Å². The molecule has 3 fully saturated rings. The number of likely N-dealkylation sites (tertiary alicyclic amines) is 1. The Labute approximate surface area is 253 Å². The van der Waals surface area contributed by atoms with Gasteiger partial charge in [0.1, 0.15) is 0 Å². The van der Waals surface area contributed by atoms with E-state index in [0.29, 0.717) is 11.8 Å². The third-order valence-electron chi connectivity index (χ3n) is 7.47. The number of carboxylic acids is 2. The summed E-state index contributed by atoms with van der Waals surface area (Å²) in [6.07, 6.45) is -2.06. The second-order valence-electron chi connectivity index (χ2n) is 10.9. The zero-order chi connectivity index (χ0) is 32.7. The van der Waals surface area contributed by atoms with Crippen LogP contribution >= 0.6 is 11.3 Å². The number of rotatable bonds is 6. The van der Waals surface area contributed by atoms with Crippen molar-refractivity contribution in [2.45, 2.75) is 51.5 Å². The van der Waals surface area contributed by atoms with Crippen molar-refractivity contribution < 1.29 is 50.9 Å². The Morgan fingerprint density at radius 1 is 1.02 bits per heavy atom. The molecule has 0 aromatic carbocycles. The molecule has 2 atom stereocenters. The number of alkyl halides is 6. The monoisotopic (exact) mass is 653 g/mol. The molecule has 1 saturated carbocycles. The number of anilines is 1. The molecule has 3 N–H and O–H groups in total. The van der Waals surface area contributed by atoms with Crippen molar-refractivity contribution in [1.82, 2.24) is 20.2 Å². The second kappa shape index (κ2) is 14.5. The number of carbonyl (C=O) groups is 3. The molecule has 5 rings (SSSR count). The summed E-state index contributed by atoms with van der Waals surface area (Å²) in [6.45, 7) is 7.58. The largest absolute Gasteiger partial charge is 0.490 e. The fourth-order valence-electron chi connectivity index (χ4n) is 5.16. The van der Waals surface area contributed by atoms with Gasteiger partial charge >= 0.3 is 24.3 Å². The molecule has 0 unspecified atom stereocenters. The second-order valence-corrected chi connectivity index (χ2v) is 12.3. The Bertz CT molecular complexity index is 1250. The van der Waals surface area contributed by atoms with Crippen molar-refractivity contribution in [1.29, 1.82) is 0 Å². The van der Waals surface area contributed by atoms with E-state index in [4.69, 9.17) is 19.8 Å². The summed E-state index contributed by atoms with van der Waals surface area (Å²) in [5.41, 5.74) is -0.339. The molecular formula is C27H33F6N5O5S. The van der Waals surface area contributed by atoms with Crippen LogP contribution in [0.15, 0.2) is 30.6 Å². The number of thiophene rings is 1. The number of hydrogen-bond donors (Lipinski definition) is 3. The molecule has 1 aliphatic carbocycles. The summed E-state index contributed by atoms with van der Waals surface area (Å²) in [6, 6.07) is 6.30. The first-order valence-corrected chi connectivity index (χ1v) is 14.5. The van der Waals surface area contributed by atoms with Gasteiger partial charge in [0.05, 0.1) is 5.41 Å². The van der Waals surface area contributed by atoms with Crippen LogP contribution in [0.2, 0.25) is 0 Å². The zero-order valence-corrected chi connectivity index (χ0v) is 24.5. The Morgan fingerprint density at radius 2 is 1.61 bits per heavy atom. The van der Waals surface area contributed by atoms with Gasteiger partial charge in [-0.25, -0.2) is 19.6 Å². The first-order chi connectivity index (χ1) is 20.5. The van der Waals surface area contributed by atoms with E-state index in [1.54, 1.807) is 12.4 Å². The van der Waals surface area contributed by atoms with Crippen molar-refractivity contribution in [3.05, 3.63) is 40.3 Å². The van der Waals surface area contributed by atoms with Gasteiger partial charge in [-0.2, -0.15) is 26.3 Å². The van der Waals surface area contributed by atoms with Crippen LogP contribution in [0.3, 0.4) is 0 Å². The molecule has 1 amide bonds. The maximum absolute atomic E-state index is 13.5. The number of aliphatic carboxylic acids is 2. The Morgan fingerprint density at radius 3 is 2.11 bits per heavy atom. The molecule has 244 valence electrons. The maximum Gasteiger partial charge on any atom is 0.490 e. The Hall–Kier alpha value is -3.47. The predicted molar refractivity (Wildman–Crippen MR) is 147 cm³/mol. The SMILES string of the molecule is Cc1ccc(CN2CCC[C@]3(C(=O)NCC4CC4)CN(c4ncccn4)C[C@@H]3C2)s1.O=C(O)C(F)(F)F.O=C(O)C(F)(F)F. The van der Waals surface area contributed by atoms with E-state index < -0.39 is 24.3 Å². The third kappa shape index (κ3) is 10.0. The third-order valence-corrected chi connectivity index (χ3v) is 8.45. The lowest BCUT2D eigenvalue weighted by atomic mass is 9.74. The quantitative estimate of drug-likeness (QED) is 0.389. The molecule has 2 aliphatic heterocycles. The summed E-state index contributed by atoms with van der Waals surface area (Å²) in [5, 5.41) is 17.6. The van der Waals surface area contributed by atoms with E-state index >= 15 is 0 Å². The predicted octanol–water partition coefficient (Wildman–Crippen LogP) is 4.36. The minimum atomic E-state index is -5.08. The van der Waals surface area contributed by atoms with Gasteiger partial charge in [0.15, 0.2) is 0 Å². The fourth-order valence-corrected chi connectivity index (χ4v) is 6.09. The highest BCUT2D eigenvalue weighted by atomic mass is 32.1. The van der Waals surface area contributed by atoms with Gasteiger partial charge in [-0.1, -0.05) is 0 Å². The fraction of sp³-hybridized carbons (Fsp3) is 0.593. The summed E-state index contributed by atoms with van der Waals surface area (Å²) in [5.74, 6) is -3.51. The highest BCUT2D eigenvalue weighted by molar-refractivity contribution is 7.11. The van der Waals surface area contributed by atoms with Gasteiger partial charge < -0.3 is 20.4 Å². The highest BCUT2D eigenvalue weighted by Gasteiger charge is 2.53. The van der Waals surface area contributed by atoms with E-state index in [0.717, 1.165) is 58.1 Å². The molecule has 10 nitrogen and oxygen atoms in total. The number of nitrogens with zero attached hydrogens (tertiary/aromatic N) is 4. The van der Waals surface area contributed by atoms with E-state index in [9.17, 15) is 31.1 Å². The van der Waals surface area contributed by atoms with Crippen molar-refractivity contribution in [3.8, 4) is 0 Å². The van der Waals surface area contributed by atoms with Crippen molar-refractivity contribution in [3.63, 3.8) is 0 Å². The number of amides is 1. The molecular weight excluding hydrogens is 620 g/mol. The highest BCUT2D eigenvalue weighted by Crippen LogP contribution is 2.44. The first kappa shape index (κ1) is 35.0. The van der Waals surface area contributed by atoms with Crippen LogP contribution in [0.5, 0.6) is 0 Å². The normalized spacial score (nSPS) is 22.0. The van der Waals surface area contributed by atoms with Crippen molar-refractivity contribution in [2.24, 2.45) is 17.3 Å². The van der Waals surface area contributed by atoms with E-state index in [1.807, 2.05) is 17.4 Å². The molecule has 17 heteroatoms. The number of carboxylic acid groups (broad SMARTS) is 2. The summed E-state index contributed by atoms with van der Waals surface area (Å²) in [4.78, 5) is 47.9. The average Bonchev–Trinajstić information content (AvgIpc) is 3.62. The lowest BCUT2D eigenvalue weighted by Crippen LogP contribution is -2.48. The number of hydrogen-bond acceptors (Lipinski definition) is 8. The van der Waals surface area contributed by atoms with Crippen LogP contribution in [0.4, 0.5) is 32.3 Å². The van der Waals surface area contributed by atoms with Crippen molar-refractivity contribution in [2.75, 3.05) is 37.6 Å². The molecule has 2 aromatic rings. The molecule has 3 aliphatic rings. The number of halogens is 6. The van der Waals surface area contributed by atoms with Gasteiger partial charge in [-0.05, 0) is 63.3 Å². The lowest BCUT2D eigenvalue weighted by Gasteiger charge is -2.32. The number of nitrogens with one attached hydrogen (secondary N) is 1. The standard InChI is InChI=1S/C23H31N5OS.2C2HF3O2/c1-17-4-7-20(30-17)15-27-11-2-8-23(21(29)26-12-18-5-6-18)16-28(14-19(23)13-27)22-24-9-3-10-25-22;2*3-2(4,5)1(6)7/h3-4,7,9-10,18-19H,2,5-6,8,11-16H2,1H3,(H,26,29);2*(H,6,7)/t19-,23-;;/m0../s1. The smallest absolute Gasteiger partial charge is 0.475 e. The molecule has 0 bridgehead atoms. The molecule has 4 heterocycles. The van der Waals surface area contributed by atoms with Crippen LogP contribution in [0, 0.1) is 24.2 Å². The number of carbonyl (C=O) groups excluding carboxylic acids is 1. The summed E-state index contributed by atoms with van der Waals surface area (Å²) >= 11 is 1.88.